The van der Waals surface area contributed by atoms with E-state index in [9.17, 15) is 0 Å². The van der Waals surface area contributed by atoms with Gasteiger partial charge in [-0.2, -0.15) is 0 Å². The van der Waals surface area contributed by atoms with E-state index in [2.05, 4.69) is 13.8 Å². The summed E-state index contributed by atoms with van der Waals surface area (Å²) < 4.78 is 4.98. The smallest absolute Gasteiger partial charge is 0.0463 e. The van der Waals surface area contributed by atoms with Gasteiger partial charge in [0.25, 0.3) is 0 Å². The van der Waals surface area contributed by atoms with Crippen LogP contribution >= 0.6 is 0 Å². The van der Waals surface area contributed by atoms with Gasteiger partial charge in [-0.25, -0.2) is 0 Å². The fourth-order valence-electron chi connectivity index (χ4n) is 0.493. The lowest BCUT2D eigenvalue weighted by atomic mass is 10.3. The summed E-state index contributed by atoms with van der Waals surface area (Å²) in [6.45, 7) is 16.9. The van der Waals surface area contributed by atoms with E-state index in [4.69, 9.17) is 10.5 Å². The van der Waals surface area contributed by atoms with Gasteiger partial charge < -0.3 is 10.5 Å². The van der Waals surface area contributed by atoms with Gasteiger partial charge in [-0.15, -0.1) is 0 Å². The maximum absolute atomic E-state index is 5.14. The summed E-state index contributed by atoms with van der Waals surface area (Å²) in [5, 5.41) is 0. The number of ether oxygens (including phenoxy) is 1. The fourth-order valence-corrected chi connectivity index (χ4v) is 0.493. The molecule has 0 amide bonds. The Hall–Kier alpha value is -0.0800. The summed E-state index contributed by atoms with van der Waals surface area (Å²) in [5.41, 5.74) is 5.14. The van der Waals surface area contributed by atoms with Crippen molar-refractivity contribution in [2.24, 2.45) is 5.73 Å². The first kappa shape index (κ1) is 24.2. The lowest BCUT2D eigenvalue weighted by molar-refractivity contribution is 0.148. The van der Waals surface area contributed by atoms with Crippen LogP contribution in [0.4, 0.5) is 0 Å². The molecule has 0 saturated heterocycles. The van der Waals surface area contributed by atoms with Crippen molar-refractivity contribution in [1.82, 2.24) is 0 Å². The summed E-state index contributed by atoms with van der Waals surface area (Å²) in [7, 11) is 0. The lowest BCUT2D eigenvalue weighted by Crippen LogP contribution is -1.95. The molecule has 0 radical (unpaired) electrons. The third-order valence-corrected chi connectivity index (χ3v) is 1.11. The van der Waals surface area contributed by atoms with Crippen LogP contribution in [0.1, 0.15) is 67.7 Å². The van der Waals surface area contributed by atoms with Gasteiger partial charge in [0.2, 0.25) is 0 Å². The van der Waals surface area contributed by atoms with Crippen LogP contribution in [0.5, 0.6) is 0 Å². The zero-order valence-corrected chi connectivity index (χ0v) is 12.2. The molecule has 0 saturated carbocycles. The Balaban J connectivity index is -0.0000000610. The molecule has 0 aromatic heterocycles. The molecule has 0 fully saturated rings. The zero-order chi connectivity index (χ0) is 12.9. The summed E-state index contributed by atoms with van der Waals surface area (Å²) in [6, 6.07) is 0. The summed E-state index contributed by atoms with van der Waals surface area (Å²) in [6.07, 6.45) is 3.52. The number of rotatable bonds is 5. The first-order valence-corrected chi connectivity index (χ1v) is 6.61. The predicted octanol–water partition coefficient (Wildman–Crippen LogP) is 4.23. The molecule has 0 rings (SSSR count). The monoisotopic (exact) mass is 221 g/mol. The Bertz CT molecular complexity index is 43.8. The Kier molecular flexibility index (Phi) is 78.4. The Labute approximate surface area is 98.6 Å². The first-order valence-electron chi connectivity index (χ1n) is 6.61. The highest BCUT2D eigenvalue weighted by Gasteiger charge is 1.72. The van der Waals surface area contributed by atoms with E-state index in [0.29, 0.717) is 0 Å². The van der Waals surface area contributed by atoms with E-state index in [1.54, 1.807) is 0 Å². The molecule has 0 heterocycles. The fraction of sp³-hybridized carbons (Fsp3) is 1.00. The largest absolute Gasteiger partial charge is 0.382 e. The van der Waals surface area contributed by atoms with Gasteiger partial charge >= 0.3 is 0 Å². The van der Waals surface area contributed by atoms with Crippen LogP contribution in [0.2, 0.25) is 0 Å². The molecule has 0 spiro atoms. The van der Waals surface area contributed by atoms with Crippen LogP contribution < -0.4 is 5.73 Å². The molecule has 0 aliphatic rings. The Morgan fingerprint density at radius 3 is 1.40 bits per heavy atom. The summed E-state index contributed by atoms with van der Waals surface area (Å²) in [5.74, 6) is 0. The predicted molar refractivity (Wildman–Crippen MR) is 73.4 cm³/mol. The number of unbranched alkanes of at least 4 members (excludes halogenated alkanes) is 1. The highest BCUT2D eigenvalue weighted by atomic mass is 16.5. The molecule has 0 aliphatic heterocycles. The van der Waals surface area contributed by atoms with E-state index in [0.717, 1.165) is 26.2 Å². The van der Waals surface area contributed by atoms with Gasteiger partial charge in [0.1, 0.15) is 0 Å². The van der Waals surface area contributed by atoms with Crippen molar-refractivity contribution in [3.63, 3.8) is 0 Å². The molecule has 0 aromatic rings. The molecule has 0 aromatic carbocycles. The molecular weight excluding hydrogens is 186 g/mol. The molecule has 98 valence electrons. The average molecular weight is 221 g/mol. The second kappa shape index (κ2) is 48.5. The second-order valence-corrected chi connectivity index (χ2v) is 2.34. The SMILES string of the molecule is CC.CC.CCCCN.CCCOCC. The molecule has 2 N–H and O–H groups in total. The maximum Gasteiger partial charge on any atom is 0.0463 e. The minimum atomic E-state index is 0.844. The van der Waals surface area contributed by atoms with E-state index < -0.39 is 0 Å². The molecule has 2 nitrogen and oxygen atoms in total. The second-order valence-electron chi connectivity index (χ2n) is 2.34. The average Bonchev–Trinajstić information content (AvgIpc) is 2.33. The van der Waals surface area contributed by atoms with E-state index in [1.165, 1.54) is 12.8 Å². The number of hydrogen-bond donors (Lipinski definition) is 1. The first-order chi connectivity index (χ1) is 7.33. The van der Waals surface area contributed by atoms with Crippen LogP contribution in [0.25, 0.3) is 0 Å². The minimum absolute atomic E-state index is 0.844. The standard InChI is InChI=1S/C5H12O.C4H11N.2C2H6/c1-3-5-6-4-2;1-2-3-4-5;2*1-2/h3-5H2,1-2H3;2-5H2,1H3;2*1-2H3. The number of hydrogen-bond acceptors (Lipinski definition) is 2. The highest BCUT2D eigenvalue weighted by Crippen LogP contribution is 1.77. The maximum atomic E-state index is 5.14. The van der Waals surface area contributed by atoms with Crippen LogP contribution in [0, 0.1) is 0 Å². The quantitative estimate of drug-likeness (QED) is 0.705. The van der Waals surface area contributed by atoms with Crippen LogP contribution in [-0.2, 0) is 4.74 Å². The molecule has 15 heavy (non-hydrogen) atoms. The van der Waals surface area contributed by atoms with Gasteiger partial charge in [-0.05, 0) is 26.3 Å². The van der Waals surface area contributed by atoms with Crippen LogP contribution in [-0.4, -0.2) is 19.8 Å². The summed E-state index contributed by atoms with van der Waals surface area (Å²) in [4.78, 5) is 0. The van der Waals surface area contributed by atoms with Gasteiger partial charge in [0, 0.05) is 13.2 Å². The zero-order valence-electron chi connectivity index (χ0n) is 12.2. The van der Waals surface area contributed by atoms with Crippen molar-refractivity contribution in [1.29, 1.82) is 0 Å². The van der Waals surface area contributed by atoms with Crippen molar-refractivity contribution in [3.05, 3.63) is 0 Å². The van der Waals surface area contributed by atoms with Crippen molar-refractivity contribution in [2.45, 2.75) is 67.7 Å². The lowest BCUT2D eigenvalue weighted by Gasteiger charge is -1.91. The van der Waals surface area contributed by atoms with E-state index in [1.807, 2.05) is 34.6 Å². The third kappa shape index (κ3) is 81.7. The topological polar surface area (TPSA) is 35.2 Å². The minimum Gasteiger partial charge on any atom is -0.382 e. The molecule has 0 bridgehead atoms. The molecular formula is C13H35NO. The Morgan fingerprint density at radius 2 is 1.33 bits per heavy atom. The molecule has 2 heteroatoms. The molecule has 0 unspecified atom stereocenters. The molecule has 0 aliphatic carbocycles. The van der Waals surface area contributed by atoms with Crippen molar-refractivity contribution in [2.75, 3.05) is 19.8 Å². The van der Waals surface area contributed by atoms with Crippen molar-refractivity contribution < 1.29 is 4.74 Å². The van der Waals surface area contributed by atoms with Gasteiger partial charge in [0.15, 0.2) is 0 Å². The van der Waals surface area contributed by atoms with Crippen LogP contribution in [0.15, 0.2) is 0 Å². The van der Waals surface area contributed by atoms with Gasteiger partial charge in [-0.3, -0.25) is 0 Å². The van der Waals surface area contributed by atoms with Gasteiger partial charge in [0.05, 0.1) is 0 Å². The third-order valence-electron chi connectivity index (χ3n) is 1.11. The highest BCUT2D eigenvalue weighted by molar-refractivity contribution is 4.29. The van der Waals surface area contributed by atoms with E-state index >= 15 is 0 Å². The number of nitrogens with two attached hydrogens (primary N) is 1. The normalized spacial score (nSPS) is 7.20. The van der Waals surface area contributed by atoms with Gasteiger partial charge in [-0.1, -0.05) is 48.0 Å². The van der Waals surface area contributed by atoms with Crippen LogP contribution in [0.3, 0.4) is 0 Å². The van der Waals surface area contributed by atoms with Crippen molar-refractivity contribution in [3.8, 4) is 0 Å². The van der Waals surface area contributed by atoms with Crippen molar-refractivity contribution >= 4 is 0 Å². The van der Waals surface area contributed by atoms with E-state index in [-0.39, 0.29) is 0 Å². The summed E-state index contributed by atoms with van der Waals surface area (Å²) >= 11 is 0. The Morgan fingerprint density at radius 1 is 0.867 bits per heavy atom. The molecule has 0 atom stereocenters.